The molecule has 1 unspecified atom stereocenters. The van der Waals surface area contributed by atoms with E-state index in [0.717, 1.165) is 23.2 Å². The lowest BCUT2D eigenvalue weighted by Crippen LogP contribution is -2.27. The van der Waals surface area contributed by atoms with Crippen molar-refractivity contribution in [3.05, 3.63) is 65.5 Å². The topological polar surface area (TPSA) is 108 Å². The van der Waals surface area contributed by atoms with Crippen LogP contribution >= 0.6 is 11.8 Å². The van der Waals surface area contributed by atoms with Gasteiger partial charge in [0, 0.05) is 23.2 Å². The molecule has 9 heteroatoms. The maximum atomic E-state index is 12.8. The van der Waals surface area contributed by atoms with Crippen molar-refractivity contribution in [2.24, 2.45) is 0 Å². The second-order valence-electron chi connectivity index (χ2n) is 7.50. The Morgan fingerprint density at radius 3 is 2.91 bits per heavy atom. The molecule has 8 nitrogen and oxygen atoms in total. The van der Waals surface area contributed by atoms with Crippen LogP contribution < -0.4 is 5.32 Å². The zero-order valence-corrected chi connectivity index (χ0v) is 19.0. The summed E-state index contributed by atoms with van der Waals surface area (Å²) in [5, 5.41) is 13.3. The zero-order chi connectivity index (χ0) is 23.2. The van der Waals surface area contributed by atoms with Crippen LogP contribution in [0.1, 0.15) is 40.9 Å². The number of fused-ring (bicyclic) bond motifs is 1. The molecular weight excluding hydrogens is 438 g/mol. The summed E-state index contributed by atoms with van der Waals surface area (Å²) in [6.45, 7) is 2.79. The van der Waals surface area contributed by atoms with Gasteiger partial charge in [-0.25, -0.2) is 9.97 Å². The van der Waals surface area contributed by atoms with Crippen LogP contribution in [0, 0.1) is 11.3 Å². The Kier molecular flexibility index (Phi) is 7.05. The van der Waals surface area contributed by atoms with Gasteiger partial charge in [-0.1, -0.05) is 12.1 Å². The molecule has 1 saturated heterocycles. The third-order valence-electron chi connectivity index (χ3n) is 5.33. The molecule has 1 atom stereocenters. The summed E-state index contributed by atoms with van der Waals surface area (Å²) in [6, 6.07) is 14.1. The maximum absolute atomic E-state index is 12.8. The predicted molar refractivity (Wildman–Crippen MR) is 127 cm³/mol. The Bertz CT molecular complexity index is 1220. The smallest absolute Gasteiger partial charge is 0.308 e. The Morgan fingerprint density at radius 2 is 2.15 bits per heavy atom. The van der Waals surface area contributed by atoms with Gasteiger partial charge in [-0.15, -0.1) is 11.8 Å². The SMILES string of the molecule is CCOC(=O)CC(Nc1ncnc2cc(C(=O)N3CCSC3)ccc12)c1cccc(C#N)c1. The Morgan fingerprint density at radius 1 is 1.27 bits per heavy atom. The van der Waals surface area contributed by atoms with E-state index in [4.69, 9.17) is 4.74 Å². The number of ether oxygens (including phenoxy) is 1. The van der Waals surface area contributed by atoms with Gasteiger partial charge >= 0.3 is 5.97 Å². The Labute approximate surface area is 196 Å². The van der Waals surface area contributed by atoms with Crippen LogP contribution in [0.15, 0.2) is 48.8 Å². The number of carbonyl (C=O) groups excluding carboxylic acids is 2. The van der Waals surface area contributed by atoms with Crippen molar-refractivity contribution in [3.8, 4) is 6.07 Å². The van der Waals surface area contributed by atoms with Crippen LogP contribution in [0.5, 0.6) is 0 Å². The van der Waals surface area contributed by atoms with Gasteiger partial charge in [0.25, 0.3) is 5.91 Å². The lowest BCUT2D eigenvalue weighted by Gasteiger charge is -2.20. The van der Waals surface area contributed by atoms with Crippen molar-refractivity contribution >= 4 is 40.4 Å². The average Bonchev–Trinajstić information content (AvgIpc) is 3.38. The van der Waals surface area contributed by atoms with E-state index in [1.54, 1.807) is 49.0 Å². The molecule has 1 amide bonds. The van der Waals surface area contributed by atoms with Gasteiger partial charge in [0.15, 0.2) is 0 Å². The number of rotatable bonds is 7. The predicted octanol–water partition coefficient (Wildman–Crippen LogP) is 3.75. The highest BCUT2D eigenvalue weighted by atomic mass is 32.2. The summed E-state index contributed by atoms with van der Waals surface area (Å²) in [5.41, 5.74) is 2.48. The molecule has 4 rings (SSSR count). The largest absolute Gasteiger partial charge is 0.466 e. The fourth-order valence-corrected chi connectivity index (χ4v) is 4.64. The number of nitrogens with zero attached hydrogens (tertiary/aromatic N) is 4. The van der Waals surface area contributed by atoms with Crippen molar-refractivity contribution in [2.75, 3.05) is 30.1 Å². The third-order valence-corrected chi connectivity index (χ3v) is 6.29. The van der Waals surface area contributed by atoms with E-state index in [9.17, 15) is 14.9 Å². The van der Waals surface area contributed by atoms with Crippen LogP contribution in [-0.2, 0) is 9.53 Å². The molecular formula is C24H23N5O3S. The first-order valence-electron chi connectivity index (χ1n) is 10.6. The van der Waals surface area contributed by atoms with Crippen LogP contribution in [0.2, 0.25) is 0 Å². The number of hydrogen-bond acceptors (Lipinski definition) is 8. The normalized spacial score (nSPS) is 14.0. The van der Waals surface area contributed by atoms with Gasteiger partial charge in [0.1, 0.15) is 12.1 Å². The molecule has 1 aromatic heterocycles. The average molecular weight is 462 g/mol. The molecule has 0 saturated carbocycles. The minimum atomic E-state index is -0.460. The van der Waals surface area contributed by atoms with Gasteiger partial charge in [0.2, 0.25) is 0 Å². The highest BCUT2D eigenvalue weighted by Crippen LogP contribution is 2.28. The molecule has 0 aliphatic carbocycles. The Hall–Kier alpha value is -3.64. The fourth-order valence-electron chi connectivity index (χ4n) is 3.69. The number of nitriles is 1. The van der Waals surface area contributed by atoms with Crippen molar-refractivity contribution < 1.29 is 14.3 Å². The van der Waals surface area contributed by atoms with Gasteiger partial charge < -0.3 is 15.0 Å². The van der Waals surface area contributed by atoms with Gasteiger partial charge in [0.05, 0.1) is 42.1 Å². The molecule has 2 heterocycles. The minimum Gasteiger partial charge on any atom is -0.466 e. The number of amides is 1. The van der Waals surface area contributed by atoms with Gasteiger partial charge in [-0.3, -0.25) is 9.59 Å². The van der Waals surface area contributed by atoms with Crippen molar-refractivity contribution in [2.45, 2.75) is 19.4 Å². The Balaban J connectivity index is 1.65. The summed E-state index contributed by atoms with van der Waals surface area (Å²) in [6.07, 6.45) is 1.50. The number of benzene rings is 2. The second kappa shape index (κ2) is 10.3. The molecule has 0 radical (unpaired) electrons. The minimum absolute atomic E-state index is 0.0106. The van der Waals surface area contributed by atoms with Gasteiger partial charge in [-0.2, -0.15) is 5.26 Å². The molecule has 168 valence electrons. The summed E-state index contributed by atoms with van der Waals surface area (Å²) in [5.74, 6) is 1.82. The summed E-state index contributed by atoms with van der Waals surface area (Å²) < 4.78 is 5.15. The van der Waals surface area contributed by atoms with Crippen molar-refractivity contribution in [1.82, 2.24) is 14.9 Å². The van der Waals surface area contributed by atoms with Crippen LogP contribution in [0.4, 0.5) is 5.82 Å². The van der Waals surface area contributed by atoms with E-state index in [0.29, 0.717) is 28.3 Å². The van der Waals surface area contributed by atoms with Crippen molar-refractivity contribution in [3.63, 3.8) is 0 Å². The standard InChI is InChI=1S/C24H23N5O3S/c1-2-32-22(30)12-20(17-5-3-4-16(10-17)13-25)28-23-19-7-6-18(11-21(19)26-14-27-23)24(31)29-8-9-33-15-29/h3-7,10-11,14,20H,2,8-9,12,15H2,1H3,(H,26,27,28). The monoisotopic (exact) mass is 461 g/mol. The van der Waals surface area contributed by atoms with Crippen LogP contribution in [0.3, 0.4) is 0 Å². The molecule has 0 bridgehead atoms. The molecule has 33 heavy (non-hydrogen) atoms. The highest BCUT2D eigenvalue weighted by Gasteiger charge is 2.22. The molecule has 2 aromatic carbocycles. The highest BCUT2D eigenvalue weighted by molar-refractivity contribution is 7.99. The first-order valence-corrected chi connectivity index (χ1v) is 11.8. The number of thioether (sulfide) groups is 1. The van der Waals surface area contributed by atoms with E-state index in [1.165, 1.54) is 6.33 Å². The maximum Gasteiger partial charge on any atom is 0.308 e. The number of aromatic nitrogens is 2. The van der Waals surface area contributed by atoms with E-state index in [1.807, 2.05) is 17.0 Å². The molecule has 1 fully saturated rings. The first kappa shape index (κ1) is 22.6. The van der Waals surface area contributed by atoms with E-state index in [-0.39, 0.29) is 24.9 Å². The lowest BCUT2D eigenvalue weighted by molar-refractivity contribution is -0.143. The first-order chi connectivity index (χ1) is 16.1. The third kappa shape index (κ3) is 5.23. The molecule has 1 aliphatic heterocycles. The van der Waals surface area contributed by atoms with Crippen LogP contribution in [-0.4, -0.2) is 51.5 Å². The molecule has 3 aromatic rings. The second-order valence-corrected chi connectivity index (χ2v) is 8.58. The zero-order valence-electron chi connectivity index (χ0n) is 18.2. The van der Waals surface area contributed by atoms with E-state index >= 15 is 0 Å². The number of esters is 1. The summed E-state index contributed by atoms with van der Waals surface area (Å²) >= 11 is 1.74. The lowest BCUT2D eigenvalue weighted by atomic mass is 10.0. The number of nitrogens with one attached hydrogen (secondary N) is 1. The molecule has 1 aliphatic rings. The molecule has 1 N–H and O–H groups in total. The summed E-state index contributed by atoms with van der Waals surface area (Å²) in [7, 11) is 0. The number of carbonyl (C=O) groups is 2. The number of anilines is 1. The van der Waals surface area contributed by atoms with E-state index < -0.39 is 6.04 Å². The number of hydrogen-bond donors (Lipinski definition) is 1. The van der Waals surface area contributed by atoms with E-state index in [2.05, 4.69) is 21.4 Å². The molecule has 0 spiro atoms. The van der Waals surface area contributed by atoms with Crippen molar-refractivity contribution in [1.29, 1.82) is 5.26 Å². The van der Waals surface area contributed by atoms with Gasteiger partial charge in [-0.05, 0) is 42.8 Å². The fraction of sp³-hybridized carbons (Fsp3) is 0.292. The summed E-state index contributed by atoms with van der Waals surface area (Å²) in [4.78, 5) is 35.6. The quantitative estimate of drug-likeness (QED) is 0.530. The van der Waals surface area contributed by atoms with Crippen LogP contribution in [0.25, 0.3) is 10.9 Å².